The summed E-state index contributed by atoms with van der Waals surface area (Å²) in [6, 6.07) is 2.93. The van der Waals surface area contributed by atoms with Crippen LogP contribution < -0.4 is 5.73 Å². The first-order chi connectivity index (χ1) is 8.82. The molecule has 0 aliphatic rings. The molecule has 6 nitrogen and oxygen atoms in total. The summed E-state index contributed by atoms with van der Waals surface area (Å²) in [4.78, 5) is 1.95. The summed E-state index contributed by atoms with van der Waals surface area (Å²) in [6.45, 7) is 4.94. The lowest BCUT2D eigenvalue weighted by atomic mass is 10.3. The maximum absolute atomic E-state index is 12.5. The maximum atomic E-state index is 12.5. The molecule has 1 unspecified atom stereocenters. The minimum atomic E-state index is -3.60. The van der Waals surface area contributed by atoms with Gasteiger partial charge in [-0.05, 0) is 33.2 Å². The van der Waals surface area contributed by atoms with Crippen molar-refractivity contribution in [2.75, 3.05) is 27.2 Å². The van der Waals surface area contributed by atoms with Gasteiger partial charge in [0.05, 0.1) is 6.54 Å². The number of hydrogen-bond donors (Lipinski definition) is 1. The van der Waals surface area contributed by atoms with Gasteiger partial charge in [0.2, 0.25) is 5.09 Å². The normalized spacial score (nSPS) is 14.3. The van der Waals surface area contributed by atoms with Gasteiger partial charge >= 0.3 is 0 Å². The molecular weight excluding hydrogens is 266 g/mol. The lowest BCUT2D eigenvalue weighted by Gasteiger charge is -2.28. The molecule has 0 amide bonds. The average Bonchev–Trinajstić information content (AvgIpc) is 2.77. The van der Waals surface area contributed by atoms with Gasteiger partial charge in [0.1, 0.15) is 5.76 Å². The zero-order valence-electron chi connectivity index (χ0n) is 12.0. The van der Waals surface area contributed by atoms with Crippen molar-refractivity contribution in [1.29, 1.82) is 0 Å². The van der Waals surface area contributed by atoms with Crippen LogP contribution in [-0.4, -0.2) is 50.8 Å². The van der Waals surface area contributed by atoms with Gasteiger partial charge in [0.15, 0.2) is 0 Å². The molecule has 1 rings (SSSR count). The Kier molecular flexibility index (Phi) is 5.54. The predicted octanol–water partition coefficient (Wildman–Crippen LogP) is 0.699. The topological polar surface area (TPSA) is 79.8 Å². The molecule has 0 radical (unpaired) electrons. The van der Waals surface area contributed by atoms with E-state index in [2.05, 4.69) is 0 Å². The number of furan rings is 1. The van der Waals surface area contributed by atoms with Crippen LogP contribution >= 0.6 is 0 Å². The van der Waals surface area contributed by atoms with E-state index in [1.165, 1.54) is 10.4 Å². The molecule has 1 heterocycles. The molecule has 0 aliphatic heterocycles. The van der Waals surface area contributed by atoms with Crippen molar-refractivity contribution in [2.24, 2.45) is 5.73 Å². The van der Waals surface area contributed by atoms with Crippen molar-refractivity contribution in [3.8, 4) is 0 Å². The highest BCUT2D eigenvalue weighted by Gasteiger charge is 2.30. The first kappa shape index (κ1) is 16.2. The number of nitrogens with zero attached hydrogens (tertiary/aromatic N) is 2. The highest BCUT2D eigenvalue weighted by Crippen LogP contribution is 2.20. The molecule has 0 fully saturated rings. The van der Waals surface area contributed by atoms with Gasteiger partial charge in [-0.15, -0.1) is 0 Å². The smallest absolute Gasteiger partial charge is 0.276 e. The predicted molar refractivity (Wildman–Crippen MR) is 74.2 cm³/mol. The summed E-state index contributed by atoms with van der Waals surface area (Å²) in [5, 5.41) is -0.0413. The van der Waals surface area contributed by atoms with Crippen molar-refractivity contribution >= 4 is 10.0 Å². The van der Waals surface area contributed by atoms with E-state index < -0.39 is 10.0 Å². The fourth-order valence-corrected chi connectivity index (χ4v) is 3.62. The van der Waals surface area contributed by atoms with Crippen molar-refractivity contribution in [2.45, 2.75) is 31.5 Å². The lowest BCUT2D eigenvalue weighted by molar-refractivity contribution is 0.265. The molecular formula is C12H23N3O3S. The largest absolute Gasteiger partial charge is 0.447 e. The highest BCUT2D eigenvalue weighted by atomic mass is 32.2. The van der Waals surface area contributed by atoms with Crippen molar-refractivity contribution < 1.29 is 12.8 Å². The van der Waals surface area contributed by atoms with Crippen LogP contribution in [0.2, 0.25) is 0 Å². The minimum Gasteiger partial charge on any atom is -0.447 e. The Labute approximate surface area is 115 Å². The molecule has 0 saturated heterocycles. The third kappa shape index (κ3) is 3.79. The van der Waals surface area contributed by atoms with Crippen molar-refractivity contribution in [1.82, 2.24) is 9.21 Å². The monoisotopic (exact) mass is 289 g/mol. The third-order valence-corrected chi connectivity index (χ3v) is 4.80. The lowest BCUT2D eigenvalue weighted by Crippen LogP contribution is -2.43. The second kappa shape index (κ2) is 6.51. The number of hydrogen-bond acceptors (Lipinski definition) is 5. The molecule has 19 heavy (non-hydrogen) atoms. The van der Waals surface area contributed by atoms with Gasteiger partial charge in [-0.1, -0.05) is 6.92 Å². The van der Waals surface area contributed by atoms with E-state index >= 15 is 0 Å². The van der Waals surface area contributed by atoms with Crippen LogP contribution in [0, 0.1) is 0 Å². The second-order valence-electron chi connectivity index (χ2n) is 4.74. The van der Waals surface area contributed by atoms with E-state index in [1.807, 2.05) is 32.8 Å². The summed E-state index contributed by atoms with van der Waals surface area (Å²) >= 11 is 0. The van der Waals surface area contributed by atoms with Gasteiger partial charge < -0.3 is 15.1 Å². The molecule has 0 saturated carbocycles. The second-order valence-corrected chi connectivity index (χ2v) is 6.57. The number of nitrogens with two attached hydrogens (primary N) is 1. The van der Waals surface area contributed by atoms with Crippen LogP contribution in [0.4, 0.5) is 0 Å². The molecule has 0 aliphatic carbocycles. The van der Waals surface area contributed by atoms with Gasteiger partial charge in [0, 0.05) is 19.1 Å². The van der Waals surface area contributed by atoms with E-state index in [9.17, 15) is 8.42 Å². The van der Waals surface area contributed by atoms with Crippen LogP contribution in [0.1, 0.15) is 19.6 Å². The fourth-order valence-electron chi connectivity index (χ4n) is 2.06. The molecule has 1 aromatic heterocycles. The summed E-state index contributed by atoms with van der Waals surface area (Å²) in [5.41, 5.74) is 5.43. The summed E-state index contributed by atoms with van der Waals surface area (Å²) in [7, 11) is 0.225. The Bertz CT molecular complexity index is 496. The van der Waals surface area contributed by atoms with Crippen LogP contribution in [0.15, 0.2) is 21.6 Å². The summed E-state index contributed by atoms with van der Waals surface area (Å²) in [5.74, 6) is 0.467. The van der Waals surface area contributed by atoms with E-state index in [-0.39, 0.29) is 17.7 Å². The highest BCUT2D eigenvalue weighted by molar-refractivity contribution is 7.89. The fraction of sp³-hybridized carbons (Fsp3) is 0.667. The Balaban J connectivity index is 3.01. The zero-order valence-corrected chi connectivity index (χ0v) is 12.8. The molecule has 7 heteroatoms. The number of sulfonamides is 1. The van der Waals surface area contributed by atoms with Gasteiger partial charge in [-0.2, -0.15) is 4.31 Å². The van der Waals surface area contributed by atoms with Crippen molar-refractivity contribution in [3.05, 3.63) is 17.9 Å². The van der Waals surface area contributed by atoms with E-state index in [1.54, 1.807) is 6.07 Å². The Morgan fingerprint density at radius 1 is 1.37 bits per heavy atom. The Morgan fingerprint density at radius 3 is 2.42 bits per heavy atom. The van der Waals surface area contributed by atoms with Gasteiger partial charge in [0.25, 0.3) is 10.0 Å². The van der Waals surface area contributed by atoms with E-state index in [0.717, 1.165) is 0 Å². The van der Waals surface area contributed by atoms with E-state index in [4.69, 9.17) is 10.2 Å². The maximum Gasteiger partial charge on any atom is 0.276 e. The summed E-state index contributed by atoms with van der Waals surface area (Å²) < 4.78 is 31.7. The molecule has 110 valence electrons. The minimum absolute atomic E-state index is 0.0413. The van der Waals surface area contributed by atoms with E-state index in [0.29, 0.717) is 18.8 Å². The van der Waals surface area contributed by atoms with Crippen LogP contribution in [0.25, 0.3) is 0 Å². The number of rotatable bonds is 7. The SMILES string of the molecule is CCN(C(C)CN(C)C)S(=O)(=O)c1ccc(CN)o1. The Hall–Kier alpha value is -0.890. The molecule has 0 aromatic carbocycles. The van der Waals surface area contributed by atoms with Crippen LogP contribution in [0.3, 0.4) is 0 Å². The molecule has 0 bridgehead atoms. The third-order valence-electron chi connectivity index (χ3n) is 2.83. The van der Waals surface area contributed by atoms with Gasteiger partial charge in [-0.25, -0.2) is 8.42 Å². The standard InChI is InChI=1S/C12H23N3O3S/c1-5-15(10(2)9-14(3)4)19(16,17)12-7-6-11(8-13)18-12/h6-7,10H,5,8-9,13H2,1-4H3. The quantitative estimate of drug-likeness (QED) is 0.799. The van der Waals surface area contributed by atoms with Crippen LogP contribution in [0.5, 0.6) is 0 Å². The van der Waals surface area contributed by atoms with Gasteiger partial charge in [-0.3, -0.25) is 0 Å². The first-order valence-electron chi connectivity index (χ1n) is 6.28. The van der Waals surface area contributed by atoms with Crippen molar-refractivity contribution in [3.63, 3.8) is 0 Å². The molecule has 2 N–H and O–H groups in total. The first-order valence-corrected chi connectivity index (χ1v) is 7.72. The molecule has 1 atom stereocenters. The zero-order chi connectivity index (χ0) is 14.6. The Morgan fingerprint density at radius 2 is 2.00 bits per heavy atom. The summed E-state index contributed by atoms with van der Waals surface area (Å²) in [6.07, 6.45) is 0. The number of likely N-dealkylation sites (N-methyl/N-ethyl adjacent to an activating group) is 2. The van der Waals surface area contributed by atoms with Crippen LogP contribution in [-0.2, 0) is 16.6 Å². The molecule has 0 spiro atoms. The molecule has 1 aromatic rings. The average molecular weight is 289 g/mol.